The van der Waals surface area contributed by atoms with Crippen LogP contribution in [0.1, 0.15) is 18.4 Å². The van der Waals surface area contributed by atoms with Gasteiger partial charge in [0.05, 0.1) is 10.3 Å². The van der Waals surface area contributed by atoms with Crippen LogP contribution in [0.5, 0.6) is 0 Å². The molecule has 22 heavy (non-hydrogen) atoms. The first-order valence-electron chi connectivity index (χ1n) is 6.90. The Kier molecular flexibility index (Phi) is 5.26. The third kappa shape index (κ3) is 3.68. The van der Waals surface area contributed by atoms with E-state index in [2.05, 4.69) is 20.7 Å². The third-order valence-electron chi connectivity index (χ3n) is 3.95. The Labute approximate surface area is 138 Å². The first kappa shape index (κ1) is 17.4. The standard InChI is InChI=1S/C14H19BrN2O4S/c1-10-2-3-12(11(15)8-10)22(19,20)17-9-14(13(16)18)4-6-21-7-5-14/h2-3,8,17H,4-7,9H2,1H3,(H2,16,18). The van der Waals surface area contributed by atoms with Gasteiger partial charge in [0.2, 0.25) is 15.9 Å². The highest BCUT2D eigenvalue weighted by Gasteiger charge is 2.39. The van der Waals surface area contributed by atoms with Gasteiger partial charge in [0.15, 0.2) is 0 Å². The van der Waals surface area contributed by atoms with Gasteiger partial charge in [-0.2, -0.15) is 0 Å². The van der Waals surface area contributed by atoms with E-state index in [-0.39, 0.29) is 11.4 Å². The van der Waals surface area contributed by atoms with Crippen LogP contribution in [0.15, 0.2) is 27.6 Å². The Morgan fingerprint density at radius 1 is 1.41 bits per heavy atom. The molecule has 1 aliphatic rings. The molecule has 1 aromatic carbocycles. The number of carbonyl (C=O) groups is 1. The van der Waals surface area contributed by atoms with Crippen molar-refractivity contribution in [1.29, 1.82) is 0 Å². The number of rotatable bonds is 5. The summed E-state index contributed by atoms with van der Waals surface area (Å²) >= 11 is 3.26. The highest BCUT2D eigenvalue weighted by Crippen LogP contribution is 2.30. The molecule has 0 saturated carbocycles. The van der Waals surface area contributed by atoms with Crippen LogP contribution in [0.4, 0.5) is 0 Å². The number of aryl methyl sites for hydroxylation is 1. The lowest BCUT2D eigenvalue weighted by molar-refractivity contribution is -0.132. The molecule has 1 saturated heterocycles. The van der Waals surface area contributed by atoms with Crippen LogP contribution < -0.4 is 10.5 Å². The second kappa shape index (κ2) is 6.66. The van der Waals surface area contributed by atoms with Crippen molar-refractivity contribution >= 4 is 31.9 Å². The molecule has 0 atom stereocenters. The molecule has 1 amide bonds. The molecule has 1 heterocycles. The first-order chi connectivity index (χ1) is 10.3. The highest BCUT2D eigenvalue weighted by atomic mass is 79.9. The van der Waals surface area contributed by atoms with Gasteiger partial charge in [-0.15, -0.1) is 0 Å². The summed E-state index contributed by atoms with van der Waals surface area (Å²) in [5, 5.41) is 0. The number of sulfonamides is 1. The van der Waals surface area contributed by atoms with Gasteiger partial charge in [0.25, 0.3) is 0 Å². The van der Waals surface area contributed by atoms with Gasteiger partial charge in [0.1, 0.15) is 0 Å². The average Bonchev–Trinajstić information content (AvgIpc) is 2.45. The molecule has 8 heteroatoms. The fourth-order valence-electron chi connectivity index (χ4n) is 2.41. The van der Waals surface area contributed by atoms with Crippen LogP contribution in [0.2, 0.25) is 0 Å². The van der Waals surface area contributed by atoms with Crippen molar-refractivity contribution in [1.82, 2.24) is 4.72 Å². The third-order valence-corrected chi connectivity index (χ3v) is 6.33. The maximum Gasteiger partial charge on any atom is 0.241 e. The van der Waals surface area contributed by atoms with Crippen LogP contribution in [-0.4, -0.2) is 34.1 Å². The van der Waals surface area contributed by atoms with Gasteiger partial charge < -0.3 is 10.5 Å². The number of hydrogen-bond acceptors (Lipinski definition) is 4. The number of carbonyl (C=O) groups excluding carboxylic acids is 1. The molecule has 0 bridgehead atoms. The molecule has 0 aliphatic carbocycles. The maximum atomic E-state index is 12.4. The summed E-state index contributed by atoms with van der Waals surface area (Å²) in [6.45, 7) is 2.66. The van der Waals surface area contributed by atoms with Crippen molar-refractivity contribution in [3.8, 4) is 0 Å². The van der Waals surface area contributed by atoms with E-state index < -0.39 is 21.3 Å². The number of ether oxygens (including phenoxy) is 1. The van der Waals surface area contributed by atoms with Crippen molar-refractivity contribution in [2.24, 2.45) is 11.1 Å². The smallest absolute Gasteiger partial charge is 0.241 e. The van der Waals surface area contributed by atoms with Gasteiger partial charge in [-0.25, -0.2) is 13.1 Å². The number of amides is 1. The second-order valence-electron chi connectivity index (χ2n) is 5.52. The number of hydrogen-bond donors (Lipinski definition) is 2. The molecule has 1 fully saturated rings. The number of nitrogens with two attached hydrogens (primary N) is 1. The molecule has 122 valence electrons. The fourth-order valence-corrected chi connectivity index (χ4v) is 4.72. The summed E-state index contributed by atoms with van der Waals surface area (Å²) in [5.74, 6) is -0.499. The molecule has 0 unspecified atom stereocenters. The maximum absolute atomic E-state index is 12.4. The lowest BCUT2D eigenvalue weighted by Crippen LogP contribution is -2.49. The largest absolute Gasteiger partial charge is 0.381 e. The molecule has 1 aromatic rings. The molecular weight excluding hydrogens is 372 g/mol. The first-order valence-corrected chi connectivity index (χ1v) is 9.18. The molecule has 6 nitrogen and oxygen atoms in total. The number of benzene rings is 1. The van der Waals surface area contributed by atoms with Crippen LogP contribution >= 0.6 is 15.9 Å². The molecule has 0 radical (unpaired) electrons. The summed E-state index contributed by atoms with van der Waals surface area (Å²) in [7, 11) is -3.72. The Morgan fingerprint density at radius 2 is 2.05 bits per heavy atom. The lowest BCUT2D eigenvalue weighted by Gasteiger charge is -2.34. The van der Waals surface area contributed by atoms with E-state index in [1.165, 1.54) is 6.07 Å². The van der Waals surface area contributed by atoms with E-state index in [0.29, 0.717) is 30.5 Å². The lowest BCUT2D eigenvalue weighted by atomic mass is 9.80. The minimum Gasteiger partial charge on any atom is -0.381 e. The Hall–Kier alpha value is -0.960. The van der Waals surface area contributed by atoms with Crippen LogP contribution in [0.25, 0.3) is 0 Å². The van der Waals surface area contributed by atoms with E-state index in [0.717, 1.165) is 5.56 Å². The normalized spacial score (nSPS) is 18.1. The highest BCUT2D eigenvalue weighted by molar-refractivity contribution is 9.10. The zero-order valence-electron chi connectivity index (χ0n) is 12.3. The van der Waals surface area contributed by atoms with E-state index in [1.807, 2.05) is 6.92 Å². The summed E-state index contributed by atoms with van der Waals surface area (Å²) in [6.07, 6.45) is 0.833. The Bertz CT molecular complexity index is 669. The van der Waals surface area contributed by atoms with Gasteiger partial charge in [0, 0.05) is 24.2 Å². The predicted octanol–water partition coefficient (Wildman–Crippen LogP) is 1.32. The summed E-state index contributed by atoms with van der Waals surface area (Å²) in [4.78, 5) is 11.9. The fraction of sp³-hybridized carbons (Fsp3) is 0.500. The van der Waals surface area contributed by atoms with Gasteiger partial charge in [-0.05, 0) is 53.4 Å². The zero-order chi connectivity index (χ0) is 16.4. The van der Waals surface area contributed by atoms with Crippen molar-refractivity contribution in [3.05, 3.63) is 28.2 Å². The molecule has 1 aliphatic heterocycles. The van der Waals surface area contributed by atoms with Crippen molar-refractivity contribution in [2.75, 3.05) is 19.8 Å². The predicted molar refractivity (Wildman–Crippen MR) is 85.7 cm³/mol. The van der Waals surface area contributed by atoms with Gasteiger partial charge in [-0.1, -0.05) is 6.07 Å². The number of primary amides is 1. The molecule has 2 rings (SSSR count). The van der Waals surface area contributed by atoms with E-state index in [4.69, 9.17) is 10.5 Å². The van der Waals surface area contributed by atoms with Gasteiger partial charge >= 0.3 is 0 Å². The van der Waals surface area contributed by atoms with Gasteiger partial charge in [-0.3, -0.25) is 4.79 Å². The zero-order valence-corrected chi connectivity index (χ0v) is 14.7. The monoisotopic (exact) mass is 390 g/mol. The molecular formula is C14H19BrN2O4S. The Morgan fingerprint density at radius 3 is 2.59 bits per heavy atom. The van der Waals surface area contributed by atoms with Crippen molar-refractivity contribution < 1.29 is 17.9 Å². The van der Waals surface area contributed by atoms with E-state index >= 15 is 0 Å². The summed E-state index contributed by atoms with van der Waals surface area (Å²) < 4.78 is 33.1. The number of halogens is 1. The minimum absolute atomic E-state index is 0.0195. The van der Waals surface area contributed by atoms with Crippen molar-refractivity contribution in [3.63, 3.8) is 0 Å². The summed E-state index contributed by atoms with van der Waals surface area (Å²) in [6, 6.07) is 4.98. The van der Waals surface area contributed by atoms with E-state index in [1.54, 1.807) is 12.1 Å². The quantitative estimate of drug-likeness (QED) is 0.791. The SMILES string of the molecule is Cc1ccc(S(=O)(=O)NCC2(C(N)=O)CCOCC2)c(Br)c1. The number of nitrogens with one attached hydrogen (secondary N) is 1. The Balaban J connectivity index is 2.19. The molecule has 3 N–H and O–H groups in total. The second-order valence-corrected chi connectivity index (χ2v) is 8.11. The minimum atomic E-state index is -3.72. The van der Waals surface area contributed by atoms with Crippen LogP contribution in [-0.2, 0) is 19.6 Å². The van der Waals surface area contributed by atoms with Crippen molar-refractivity contribution in [2.45, 2.75) is 24.7 Å². The molecule has 0 aromatic heterocycles. The van der Waals surface area contributed by atoms with Crippen LogP contribution in [0, 0.1) is 12.3 Å². The van der Waals surface area contributed by atoms with Crippen LogP contribution in [0.3, 0.4) is 0 Å². The van der Waals surface area contributed by atoms with E-state index in [9.17, 15) is 13.2 Å². The molecule has 0 spiro atoms. The summed E-state index contributed by atoms with van der Waals surface area (Å²) in [5.41, 5.74) is 5.54. The average molecular weight is 391 g/mol. The topological polar surface area (TPSA) is 98.5 Å².